The highest BCUT2D eigenvalue weighted by Gasteiger charge is 2.23. The van der Waals surface area contributed by atoms with Crippen LogP contribution in [0.2, 0.25) is 5.15 Å². The van der Waals surface area contributed by atoms with Gasteiger partial charge in [0.2, 0.25) is 0 Å². The number of hydrogen-bond acceptors (Lipinski definition) is 9. The lowest BCUT2D eigenvalue weighted by molar-refractivity contribution is 0.181. The number of rotatable bonds is 7. The Morgan fingerprint density at radius 1 is 0.952 bits per heavy atom. The van der Waals surface area contributed by atoms with E-state index in [1.807, 2.05) is 30.6 Å². The number of nitrogen functional groups attached to an aromatic ring is 1. The number of aromatic amines is 1. The van der Waals surface area contributed by atoms with Crippen LogP contribution in [-0.4, -0.2) is 57.9 Å². The Kier molecular flexibility index (Phi) is 7.04. The maximum Gasteiger partial charge on any atom is 0.171 e. The zero-order valence-corrected chi connectivity index (χ0v) is 23.4. The van der Waals surface area contributed by atoms with Crippen LogP contribution in [0, 0.1) is 0 Å². The molecule has 0 saturated carbocycles. The SMILES string of the molecule is NNc1ncnc2c1ncn2C1CCN(Cc2ccc(-c3nc(Cl)c(-c4cn[nH]n4)cc3-c3ccccc3)cc2)CC1. The molecule has 1 aliphatic heterocycles. The molecule has 0 bridgehead atoms. The van der Waals surface area contributed by atoms with Gasteiger partial charge in [0.05, 0.1) is 18.2 Å². The van der Waals surface area contributed by atoms with Crippen molar-refractivity contribution in [1.29, 1.82) is 0 Å². The van der Waals surface area contributed by atoms with E-state index in [0.29, 0.717) is 28.2 Å². The van der Waals surface area contributed by atoms with Gasteiger partial charge in [0.1, 0.15) is 17.2 Å². The minimum atomic E-state index is 0.335. The Hall–Kier alpha value is -4.71. The summed E-state index contributed by atoms with van der Waals surface area (Å²) in [6, 6.07) is 21.2. The van der Waals surface area contributed by atoms with Gasteiger partial charge in [0.15, 0.2) is 17.0 Å². The number of halogens is 1. The molecule has 11 nitrogen and oxygen atoms in total. The molecule has 0 atom stereocenters. The molecular weight excluding hydrogens is 550 g/mol. The van der Waals surface area contributed by atoms with Crippen LogP contribution in [0.3, 0.4) is 0 Å². The van der Waals surface area contributed by atoms with Crippen LogP contribution in [-0.2, 0) is 6.54 Å². The van der Waals surface area contributed by atoms with Gasteiger partial charge in [0, 0.05) is 42.4 Å². The van der Waals surface area contributed by atoms with Gasteiger partial charge in [-0.05, 0) is 30.0 Å². The summed E-state index contributed by atoms with van der Waals surface area (Å²) in [6.07, 6.45) is 7.04. The first kappa shape index (κ1) is 26.2. The number of aromatic nitrogens is 8. The molecule has 6 aromatic rings. The van der Waals surface area contributed by atoms with E-state index in [1.165, 1.54) is 11.9 Å². The number of anilines is 1. The van der Waals surface area contributed by atoms with Crippen LogP contribution < -0.4 is 11.3 Å². The lowest BCUT2D eigenvalue weighted by Gasteiger charge is -2.32. The second-order valence-electron chi connectivity index (χ2n) is 10.3. The van der Waals surface area contributed by atoms with E-state index in [9.17, 15) is 0 Å². The first-order chi connectivity index (χ1) is 20.7. The van der Waals surface area contributed by atoms with Gasteiger partial charge in [-0.3, -0.25) is 4.90 Å². The maximum atomic E-state index is 6.67. The first-order valence-electron chi connectivity index (χ1n) is 13.8. The molecule has 42 heavy (non-hydrogen) atoms. The minimum absolute atomic E-state index is 0.335. The molecule has 4 N–H and O–H groups in total. The smallest absolute Gasteiger partial charge is 0.171 e. The predicted molar refractivity (Wildman–Crippen MR) is 162 cm³/mol. The molecule has 12 heteroatoms. The average Bonchev–Trinajstić information content (AvgIpc) is 3.73. The molecule has 1 saturated heterocycles. The number of hydrogen-bond donors (Lipinski definition) is 3. The summed E-state index contributed by atoms with van der Waals surface area (Å²) in [6.45, 7) is 2.85. The molecule has 0 radical (unpaired) electrons. The third-order valence-electron chi connectivity index (χ3n) is 7.83. The van der Waals surface area contributed by atoms with Crippen LogP contribution in [0.15, 0.2) is 79.5 Å². The Bertz CT molecular complexity index is 1810. The van der Waals surface area contributed by atoms with Gasteiger partial charge in [-0.15, -0.1) is 0 Å². The lowest BCUT2D eigenvalue weighted by atomic mass is 9.96. The van der Waals surface area contributed by atoms with Crippen LogP contribution in [0.25, 0.3) is 44.8 Å². The fourth-order valence-electron chi connectivity index (χ4n) is 5.67. The van der Waals surface area contributed by atoms with Crippen molar-refractivity contribution in [3.63, 3.8) is 0 Å². The van der Waals surface area contributed by atoms with Gasteiger partial charge >= 0.3 is 0 Å². The molecule has 0 aliphatic carbocycles. The Morgan fingerprint density at radius 3 is 2.50 bits per heavy atom. The van der Waals surface area contributed by atoms with Gasteiger partial charge in [0.25, 0.3) is 0 Å². The van der Waals surface area contributed by atoms with E-state index >= 15 is 0 Å². The predicted octanol–water partition coefficient (Wildman–Crippen LogP) is 5.12. The lowest BCUT2D eigenvalue weighted by Crippen LogP contribution is -2.34. The Balaban J connectivity index is 1.08. The molecule has 4 aromatic heterocycles. The van der Waals surface area contributed by atoms with Gasteiger partial charge in [-0.2, -0.15) is 15.4 Å². The number of nitrogens with two attached hydrogens (primary N) is 1. The van der Waals surface area contributed by atoms with E-state index in [0.717, 1.165) is 66.1 Å². The van der Waals surface area contributed by atoms with Crippen molar-refractivity contribution in [2.75, 3.05) is 18.5 Å². The zero-order chi connectivity index (χ0) is 28.5. The molecule has 0 unspecified atom stereocenters. The van der Waals surface area contributed by atoms with E-state index in [4.69, 9.17) is 22.4 Å². The molecule has 210 valence electrons. The summed E-state index contributed by atoms with van der Waals surface area (Å²) in [5, 5.41) is 11.2. The normalized spacial score (nSPS) is 14.4. The molecule has 1 fully saturated rings. The van der Waals surface area contributed by atoms with E-state index in [2.05, 4.69) is 81.7 Å². The second-order valence-corrected chi connectivity index (χ2v) is 10.7. The highest BCUT2D eigenvalue weighted by Crippen LogP contribution is 2.37. The fourth-order valence-corrected chi connectivity index (χ4v) is 5.90. The molecule has 0 amide bonds. The Labute approximate surface area is 246 Å². The van der Waals surface area contributed by atoms with Crippen LogP contribution in [0.1, 0.15) is 24.4 Å². The van der Waals surface area contributed by atoms with Crippen molar-refractivity contribution in [3.8, 4) is 33.6 Å². The number of piperidine rings is 1. The molecule has 7 rings (SSSR count). The van der Waals surface area contributed by atoms with Crippen LogP contribution in [0.4, 0.5) is 5.82 Å². The summed E-state index contributed by atoms with van der Waals surface area (Å²) >= 11 is 6.67. The van der Waals surface area contributed by atoms with Gasteiger partial charge < -0.3 is 9.99 Å². The van der Waals surface area contributed by atoms with Crippen LogP contribution >= 0.6 is 11.6 Å². The fraction of sp³-hybridized carbons (Fsp3) is 0.200. The minimum Gasteiger partial charge on any atom is -0.312 e. The van der Waals surface area contributed by atoms with E-state index in [1.54, 1.807) is 6.20 Å². The van der Waals surface area contributed by atoms with Crippen LogP contribution in [0.5, 0.6) is 0 Å². The largest absolute Gasteiger partial charge is 0.312 e. The highest BCUT2D eigenvalue weighted by molar-refractivity contribution is 6.32. The quantitative estimate of drug-likeness (QED) is 0.134. The number of likely N-dealkylation sites (tertiary alicyclic amines) is 1. The summed E-state index contributed by atoms with van der Waals surface area (Å²) in [5.74, 6) is 6.13. The maximum absolute atomic E-state index is 6.67. The molecular formula is C30H28ClN11. The van der Waals surface area contributed by atoms with E-state index < -0.39 is 0 Å². The number of nitrogens with zero attached hydrogens (tertiary/aromatic N) is 8. The summed E-state index contributed by atoms with van der Waals surface area (Å²) in [7, 11) is 0. The second kappa shape index (κ2) is 11.3. The number of pyridine rings is 1. The Morgan fingerprint density at radius 2 is 1.76 bits per heavy atom. The molecule has 5 heterocycles. The number of imidazole rings is 1. The summed E-state index contributed by atoms with van der Waals surface area (Å²) in [4.78, 5) is 20.4. The number of fused-ring (bicyclic) bond motifs is 1. The third-order valence-corrected chi connectivity index (χ3v) is 8.12. The molecule has 1 aliphatic rings. The van der Waals surface area contributed by atoms with Gasteiger partial charge in [-0.1, -0.05) is 66.2 Å². The number of nitrogens with one attached hydrogen (secondary N) is 2. The zero-order valence-electron chi connectivity index (χ0n) is 22.7. The number of hydrazine groups is 1. The third kappa shape index (κ3) is 4.98. The van der Waals surface area contributed by atoms with Crippen molar-refractivity contribution in [2.45, 2.75) is 25.4 Å². The first-order valence-corrected chi connectivity index (χ1v) is 14.1. The topological polar surface area (TPSA) is 139 Å². The number of benzene rings is 2. The highest BCUT2D eigenvalue weighted by atomic mass is 35.5. The summed E-state index contributed by atoms with van der Waals surface area (Å²) in [5.41, 5.74) is 10.6. The monoisotopic (exact) mass is 577 g/mol. The average molecular weight is 578 g/mol. The van der Waals surface area contributed by atoms with Crippen molar-refractivity contribution in [3.05, 3.63) is 90.2 Å². The molecule has 2 aromatic carbocycles. The summed E-state index contributed by atoms with van der Waals surface area (Å²) < 4.78 is 2.15. The van der Waals surface area contributed by atoms with Gasteiger partial charge in [-0.25, -0.2) is 25.8 Å². The van der Waals surface area contributed by atoms with Crippen molar-refractivity contribution in [1.82, 2.24) is 44.8 Å². The van der Waals surface area contributed by atoms with Crippen molar-refractivity contribution >= 4 is 28.6 Å². The van der Waals surface area contributed by atoms with Crippen molar-refractivity contribution < 1.29 is 0 Å². The number of H-pyrrole nitrogens is 1. The molecule has 0 spiro atoms. The van der Waals surface area contributed by atoms with Crippen molar-refractivity contribution in [2.24, 2.45) is 5.84 Å². The standard InChI is InChI=1S/C30H28ClN11/c31-28-24(25-15-36-40-39-25)14-23(20-4-2-1-3-5-20)26(37-28)21-8-6-19(7-9-21)16-41-12-10-22(11-13-41)42-18-35-27-29(38-32)33-17-34-30(27)42/h1-9,14-15,17-18,22H,10-13,16,32H2,(H,33,34,38)(H,36,39,40). The van der Waals surface area contributed by atoms with E-state index in [-0.39, 0.29) is 0 Å².